The van der Waals surface area contributed by atoms with Crippen molar-refractivity contribution in [2.24, 2.45) is 5.92 Å². The standard InChI is InChI=1S/C20H27N3O3S/c1-25-16-6-7-17-18(14-16)27-20(21-17)23(19(24)15-4-2-5-15)9-3-8-22-10-12-26-13-11-22/h6-7,14-15H,2-5,8-13H2,1H3. The first kappa shape index (κ1) is 18.7. The molecule has 1 aromatic carbocycles. The van der Waals surface area contributed by atoms with Crippen molar-refractivity contribution >= 4 is 32.6 Å². The van der Waals surface area contributed by atoms with Crippen LogP contribution in [-0.2, 0) is 9.53 Å². The Labute approximate surface area is 164 Å². The highest BCUT2D eigenvalue weighted by molar-refractivity contribution is 7.22. The Morgan fingerprint density at radius 1 is 1.37 bits per heavy atom. The summed E-state index contributed by atoms with van der Waals surface area (Å²) in [6.45, 7) is 5.31. The van der Waals surface area contributed by atoms with Crippen molar-refractivity contribution in [1.82, 2.24) is 9.88 Å². The Balaban J connectivity index is 1.49. The van der Waals surface area contributed by atoms with Crippen LogP contribution in [0.3, 0.4) is 0 Å². The summed E-state index contributed by atoms with van der Waals surface area (Å²) in [5, 5.41) is 0.817. The molecule has 27 heavy (non-hydrogen) atoms. The van der Waals surface area contributed by atoms with Crippen LogP contribution >= 0.6 is 11.3 Å². The van der Waals surface area contributed by atoms with Crippen molar-refractivity contribution in [2.75, 3.05) is 51.4 Å². The van der Waals surface area contributed by atoms with Crippen molar-refractivity contribution in [3.63, 3.8) is 0 Å². The van der Waals surface area contributed by atoms with E-state index in [0.29, 0.717) is 0 Å². The quantitative estimate of drug-likeness (QED) is 0.728. The second kappa shape index (κ2) is 8.54. The van der Waals surface area contributed by atoms with Crippen molar-refractivity contribution in [3.8, 4) is 5.75 Å². The number of anilines is 1. The molecule has 1 amide bonds. The first-order valence-corrected chi connectivity index (χ1v) is 10.6. The first-order valence-electron chi connectivity index (χ1n) is 9.80. The van der Waals surface area contributed by atoms with Gasteiger partial charge < -0.3 is 9.47 Å². The molecule has 2 aromatic rings. The number of carbonyl (C=O) groups excluding carboxylic acids is 1. The summed E-state index contributed by atoms with van der Waals surface area (Å²) >= 11 is 1.58. The van der Waals surface area contributed by atoms with Crippen LogP contribution in [0.1, 0.15) is 25.7 Å². The van der Waals surface area contributed by atoms with Crippen LogP contribution < -0.4 is 9.64 Å². The molecule has 0 unspecified atom stereocenters. The van der Waals surface area contributed by atoms with E-state index in [-0.39, 0.29) is 11.8 Å². The molecule has 0 N–H and O–H groups in total. The third-order valence-corrected chi connectivity index (χ3v) is 6.54. The molecular weight excluding hydrogens is 362 g/mol. The molecule has 2 aliphatic rings. The van der Waals surface area contributed by atoms with E-state index >= 15 is 0 Å². The summed E-state index contributed by atoms with van der Waals surface area (Å²) in [6.07, 6.45) is 4.14. The van der Waals surface area contributed by atoms with E-state index < -0.39 is 0 Å². The van der Waals surface area contributed by atoms with Gasteiger partial charge in [0.1, 0.15) is 5.75 Å². The van der Waals surface area contributed by atoms with Gasteiger partial charge >= 0.3 is 0 Å². The Morgan fingerprint density at radius 3 is 2.89 bits per heavy atom. The SMILES string of the molecule is COc1ccc2nc(N(CCCN3CCOCC3)C(=O)C3CCC3)sc2c1. The number of thiazole rings is 1. The third kappa shape index (κ3) is 4.25. The first-order chi connectivity index (χ1) is 13.2. The molecule has 146 valence electrons. The number of hydrogen-bond donors (Lipinski definition) is 0. The van der Waals surface area contributed by atoms with E-state index in [0.717, 1.165) is 86.2 Å². The minimum atomic E-state index is 0.176. The zero-order valence-corrected chi connectivity index (χ0v) is 16.7. The molecular formula is C20H27N3O3S. The summed E-state index contributed by atoms with van der Waals surface area (Å²) in [5.41, 5.74) is 0.926. The predicted octanol–water partition coefficient (Wildman–Crippen LogP) is 3.16. The van der Waals surface area contributed by atoms with Gasteiger partial charge in [-0.15, -0.1) is 0 Å². The van der Waals surface area contributed by atoms with Gasteiger partial charge in [0.15, 0.2) is 5.13 Å². The number of ether oxygens (including phenoxy) is 2. The van der Waals surface area contributed by atoms with Gasteiger partial charge in [0, 0.05) is 32.1 Å². The topological polar surface area (TPSA) is 54.9 Å². The summed E-state index contributed by atoms with van der Waals surface area (Å²) in [7, 11) is 1.67. The summed E-state index contributed by atoms with van der Waals surface area (Å²) in [4.78, 5) is 22.1. The highest BCUT2D eigenvalue weighted by Crippen LogP contribution is 2.35. The number of carbonyl (C=O) groups is 1. The molecule has 1 saturated heterocycles. The minimum absolute atomic E-state index is 0.176. The lowest BCUT2D eigenvalue weighted by Crippen LogP contribution is -2.42. The Morgan fingerprint density at radius 2 is 2.19 bits per heavy atom. The van der Waals surface area contributed by atoms with Crippen LogP contribution in [0, 0.1) is 5.92 Å². The number of methoxy groups -OCH3 is 1. The van der Waals surface area contributed by atoms with Crippen LogP contribution in [0.15, 0.2) is 18.2 Å². The average Bonchev–Trinajstić information content (AvgIpc) is 3.07. The van der Waals surface area contributed by atoms with Crippen molar-refractivity contribution in [2.45, 2.75) is 25.7 Å². The molecule has 1 aliphatic carbocycles. The second-order valence-corrected chi connectivity index (χ2v) is 8.26. The number of amides is 1. The number of nitrogens with zero attached hydrogens (tertiary/aromatic N) is 3. The Kier molecular flexibility index (Phi) is 5.90. The summed E-state index contributed by atoms with van der Waals surface area (Å²) in [5.74, 6) is 1.24. The molecule has 0 spiro atoms. The Bertz CT molecular complexity index is 784. The molecule has 2 fully saturated rings. The summed E-state index contributed by atoms with van der Waals surface area (Å²) in [6, 6.07) is 5.88. The maximum atomic E-state index is 13.0. The third-order valence-electron chi connectivity index (χ3n) is 5.50. The molecule has 1 aliphatic heterocycles. The predicted molar refractivity (Wildman–Crippen MR) is 108 cm³/mol. The summed E-state index contributed by atoms with van der Waals surface area (Å²) < 4.78 is 11.8. The molecule has 0 bridgehead atoms. The lowest BCUT2D eigenvalue weighted by molar-refractivity contribution is -0.124. The van der Waals surface area contributed by atoms with Gasteiger partial charge in [-0.3, -0.25) is 14.6 Å². The van der Waals surface area contributed by atoms with Gasteiger partial charge in [0.2, 0.25) is 5.91 Å². The average molecular weight is 390 g/mol. The van der Waals surface area contributed by atoms with Gasteiger partial charge in [-0.2, -0.15) is 0 Å². The molecule has 6 nitrogen and oxygen atoms in total. The van der Waals surface area contributed by atoms with E-state index in [9.17, 15) is 4.79 Å². The number of benzene rings is 1. The lowest BCUT2D eigenvalue weighted by Gasteiger charge is -2.31. The Hall–Kier alpha value is -1.70. The minimum Gasteiger partial charge on any atom is -0.497 e. The normalized spacial score (nSPS) is 18.4. The molecule has 0 atom stereocenters. The van der Waals surface area contributed by atoms with E-state index in [1.807, 2.05) is 23.1 Å². The highest BCUT2D eigenvalue weighted by Gasteiger charge is 2.31. The maximum absolute atomic E-state index is 13.0. The van der Waals surface area contributed by atoms with E-state index in [1.165, 1.54) is 0 Å². The number of rotatable bonds is 7. The van der Waals surface area contributed by atoms with E-state index in [4.69, 9.17) is 14.5 Å². The monoisotopic (exact) mass is 389 g/mol. The van der Waals surface area contributed by atoms with Crippen molar-refractivity contribution < 1.29 is 14.3 Å². The zero-order chi connectivity index (χ0) is 18.6. The number of morpholine rings is 1. The van der Waals surface area contributed by atoms with Gasteiger partial charge in [-0.25, -0.2) is 4.98 Å². The van der Waals surface area contributed by atoms with Gasteiger partial charge in [0.25, 0.3) is 0 Å². The van der Waals surface area contributed by atoms with Crippen molar-refractivity contribution in [3.05, 3.63) is 18.2 Å². The molecule has 1 saturated carbocycles. The molecule has 2 heterocycles. The van der Waals surface area contributed by atoms with Gasteiger partial charge in [-0.05, 0) is 37.5 Å². The maximum Gasteiger partial charge on any atom is 0.231 e. The molecule has 4 rings (SSSR count). The van der Waals surface area contributed by atoms with E-state index in [2.05, 4.69) is 4.90 Å². The molecule has 7 heteroatoms. The molecule has 1 aromatic heterocycles. The largest absolute Gasteiger partial charge is 0.497 e. The smallest absolute Gasteiger partial charge is 0.231 e. The number of fused-ring (bicyclic) bond motifs is 1. The fourth-order valence-electron chi connectivity index (χ4n) is 3.59. The van der Waals surface area contributed by atoms with Crippen molar-refractivity contribution in [1.29, 1.82) is 0 Å². The van der Waals surface area contributed by atoms with Crippen LogP contribution in [0.25, 0.3) is 10.2 Å². The number of aromatic nitrogens is 1. The van der Waals surface area contributed by atoms with Crippen LogP contribution in [0.2, 0.25) is 0 Å². The number of hydrogen-bond acceptors (Lipinski definition) is 6. The second-order valence-electron chi connectivity index (χ2n) is 7.26. The van der Waals surface area contributed by atoms with Gasteiger partial charge in [0.05, 0.1) is 30.5 Å². The van der Waals surface area contributed by atoms with Crippen LogP contribution in [-0.4, -0.2) is 62.3 Å². The van der Waals surface area contributed by atoms with Crippen LogP contribution in [0.5, 0.6) is 5.75 Å². The lowest BCUT2D eigenvalue weighted by atomic mass is 9.84. The highest BCUT2D eigenvalue weighted by atomic mass is 32.1. The molecule has 0 radical (unpaired) electrons. The van der Waals surface area contributed by atoms with Crippen LogP contribution in [0.4, 0.5) is 5.13 Å². The van der Waals surface area contributed by atoms with E-state index in [1.54, 1.807) is 18.4 Å². The fourth-order valence-corrected chi connectivity index (χ4v) is 4.61. The fraction of sp³-hybridized carbons (Fsp3) is 0.600. The zero-order valence-electron chi connectivity index (χ0n) is 15.9. The van der Waals surface area contributed by atoms with Gasteiger partial charge in [-0.1, -0.05) is 17.8 Å².